The van der Waals surface area contributed by atoms with E-state index < -0.39 is 0 Å². The number of hydrogen-bond acceptors (Lipinski definition) is 2. The van der Waals surface area contributed by atoms with Crippen LogP contribution in [0.3, 0.4) is 0 Å². The molecule has 1 fully saturated rings. The molecule has 0 bridgehead atoms. The Bertz CT molecular complexity index is 528. The maximum Gasteiger partial charge on any atom is 0.223 e. The maximum atomic E-state index is 11.5. The van der Waals surface area contributed by atoms with Gasteiger partial charge in [0.2, 0.25) is 5.91 Å². The summed E-state index contributed by atoms with van der Waals surface area (Å²) in [6.45, 7) is 0.584. The topological polar surface area (TPSA) is 57.8 Å². The molecular weight excluding hydrogens is 202 g/mol. The fraction of sp³-hybridized carbons (Fsp3) is 0.333. The average Bonchev–Trinajstić information content (AvgIpc) is 3.08. The number of carbonyl (C=O) groups excluding carboxylic acids is 1. The predicted octanol–water partition coefficient (Wildman–Crippen LogP) is 1.59. The summed E-state index contributed by atoms with van der Waals surface area (Å²) < 4.78 is 0. The molecule has 0 unspecified atom stereocenters. The first-order valence-corrected chi connectivity index (χ1v) is 5.53. The lowest BCUT2D eigenvalue weighted by atomic mass is 10.2. The summed E-state index contributed by atoms with van der Waals surface area (Å²) in [5.74, 6) is 0.446. The third-order valence-corrected chi connectivity index (χ3v) is 2.94. The van der Waals surface area contributed by atoms with Crippen molar-refractivity contribution >= 4 is 16.9 Å². The number of hydrogen-bond donors (Lipinski definition) is 2. The monoisotopic (exact) mass is 215 g/mol. The van der Waals surface area contributed by atoms with E-state index in [9.17, 15) is 4.79 Å². The van der Waals surface area contributed by atoms with Gasteiger partial charge in [0, 0.05) is 30.2 Å². The zero-order valence-electron chi connectivity index (χ0n) is 8.86. The molecule has 0 aromatic carbocycles. The Hall–Kier alpha value is -1.84. The summed E-state index contributed by atoms with van der Waals surface area (Å²) in [5.41, 5.74) is 1.97. The van der Waals surface area contributed by atoms with Crippen LogP contribution in [0.4, 0.5) is 0 Å². The minimum atomic E-state index is 0.179. The van der Waals surface area contributed by atoms with Crippen LogP contribution in [0.5, 0.6) is 0 Å². The van der Waals surface area contributed by atoms with E-state index in [4.69, 9.17) is 0 Å². The van der Waals surface area contributed by atoms with Crippen molar-refractivity contribution in [2.45, 2.75) is 19.4 Å². The molecule has 0 spiro atoms. The molecule has 1 aliphatic carbocycles. The molecule has 0 aliphatic heterocycles. The molecule has 82 valence electrons. The molecule has 4 heteroatoms. The number of carbonyl (C=O) groups is 1. The Labute approximate surface area is 93.1 Å². The van der Waals surface area contributed by atoms with E-state index in [0.29, 0.717) is 6.54 Å². The van der Waals surface area contributed by atoms with Crippen LogP contribution < -0.4 is 5.32 Å². The maximum absolute atomic E-state index is 11.5. The average molecular weight is 215 g/mol. The molecule has 2 aromatic rings. The fourth-order valence-electron chi connectivity index (χ4n) is 1.83. The van der Waals surface area contributed by atoms with Gasteiger partial charge in [0.25, 0.3) is 0 Å². The van der Waals surface area contributed by atoms with Crippen molar-refractivity contribution in [2.75, 3.05) is 0 Å². The van der Waals surface area contributed by atoms with Gasteiger partial charge in [-0.1, -0.05) is 0 Å². The molecule has 3 rings (SSSR count). The van der Waals surface area contributed by atoms with Crippen LogP contribution in [0.2, 0.25) is 0 Å². The van der Waals surface area contributed by atoms with Crippen LogP contribution in [0.25, 0.3) is 11.0 Å². The Morgan fingerprint density at radius 1 is 1.56 bits per heavy atom. The first kappa shape index (κ1) is 9.39. The van der Waals surface area contributed by atoms with Gasteiger partial charge in [-0.2, -0.15) is 0 Å². The number of nitrogens with zero attached hydrogens (tertiary/aromatic N) is 1. The Morgan fingerprint density at radius 3 is 3.25 bits per heavy atom. The number of aromatic nitrogens is 2. The molecule has 2 heterocycles. The van der Waals surface area contributed by atoms with Crippen LogP contribution in [0, 0.1) is 5.92 Å². The molecule has 0 atom stereocenters. The van der Waals surface area contributed by atoms with E-state index in [-0.39, 0.29) is 11.8 Å². The quantitative estimate of drug-likeness (QED) is 0.816. The van der Waals surface area contributed by atoms with Crippen molar-refractivity contribution in [3.8, 4) is 0 Å². The van der Waals surface area contributed by atoms with Crippen LogP contribution >= 0.6 is 0 Å². The summed E-state index contributed by atoms with van der Waals surface area (Å²) in [6, 6.07) is 3.92. The number of fused-ring (bicyclic) bond motifs is 1. The number of H-pyrrole nitrogens is 1. The summed E-state index contributed by atoms with van der Waals surface area (Å²) in [7, 11) is 0. The minimum Gasteiger partial charge on any atom is -0.352 e. The highest BCUT2D eigenvalue weighted by Crippen LogP contribution is 2.28. The summed E-state index contributed by atoms with van der Waals surface area (Å²) in [4.78, 5) is 18.8. The summed E-state index contributed by atoms with van der Waals surface area (Å²) in [5, 5.41) is 4.03. The smallest absolute Gasteiger partial charge is 0.223 e. The highest BCUT2D eigenvalue weighted by atomic mass is 16.2. The van der Waals surface area contributed by atoms with Gasteiger partial charge in [-0.05, 0) is 30.5 Å². The number of rotatable bonds is 3. The molecular formula is C12H13N3O. The van der Waals surface area contributed by atoms with Crippen LogP contribution in [-0.4, -0.2) is 15.9 Å². The van der Waals surface area contributed by atoms with Gasteiger partial charge in [-0.15, -0.1) is 0 Å². The number of nitrogens with one attached hydrogen (secondary N) is 2. The number of amides is 1. The predicted molar refractivity (Wildman–Crippen MR) is 60.7 cm³/mol. The zero-order chi connectivity index (χ0) is 11.0. The first-order valence-electron chi connectivity index (χ1n) is 5.53. The van der Waals surface area contributed by atoms with Crippen molar-refractivity contribution in [3.63, 3.8) is 0 Å². The summed E-state index contributed by atoms with van der Waals surface area (Å²) in [6.07, 6.45) is 5.75. The molecule has 1 saturated carbocycles. The SMILES string of the molecule is O=C(NCc1c[nH]c2ncccc12)C1CC1. The molecule has 16 heavy (non-hydrogen) atoms. The third kappa shape index (κ3) is 1.66. The van der Waals surface area contributed by atoms with Crippen molar-refractivity contribution in [2.24, 2.45) is 5.92 Å². The van der Waals surface area contributed by atoms with Gasteiger partial charge in [0.1, 0.15) is 5.65 Å². The minimum absolute atomic E-state index is 0.179. The lowest BCUT2D eigenvalue weighted by Crippen LogP contribution is -2.23. The molecule has 2 N–H and O–H groups in total. The van der Waals surface area contributed by atoms with Gasteiger partial charge in [0.05, 0.1) is 0 Å². The highest BCUT2D eigenvalue weighted by Gasteiger charge is 2.29. The normalized spacial score (nSPS) is 15.2. The van der Waals surface area contributed by atoms with Crippen LogP contribution in [0.15, 0.2) is 24.5 Å². The largest absolute Gasteiger partial charge is 0.352 e. The molecule has 1 amide bonds. The second kappa shape index (κ2) is 3.63. The van der Waals surface area contributed by atoms with Crippen LogP contribution in [-0.2, 0) is 11.3 Å². The Morgan fingerprint density at radius 2 is 2.44 bits per heavy atom. The molecule has 4 nitrogen and oxygen atoms in total. The van der Waals surface area contributed by atoms with Crippen LogP contribution in [0.1, 0.15) is 18.4 Å². The second-order valence-corrected chi connectivity index (χ2v) is 4.21. The van der Waals surface area contributed by atoms with Crippen molar-refractivity contribution in [3.05, 3.63) is 30.1 Å². The molecule has 0 saturated heterocycles. The van der Waals surface area contributed by atoms with E-state index >= 15 is 0 Å². The first-order chi connectivity index (χ1) is 7.84. The van der Waals surface area contributed by atoms with Crippen molar-refractivity contribution in [1.82, 2.24) is 15.3 Å². The van der Waals surface area contributed by atoms with Gasteiger partial charge in [0.15, 0.2) is 0 Å². The number of aromatic amines is 1. The Kier molecular flexibility index (Phi) is 2.13. The molecule has 0 radical (unpaired) electrons. The fourth-order valence-corrected chi connectivity index (χ4v) is 1.83. The van der Waals surface area contributed by atoms with E-state index in [1.54, 1.807) is 6.20 Å². The van der Waals surface area contributed by atoms with Gasteiger partial charge in [-0.25, -0.2) is 4.98 Å². The lowest BCUT2D eigenvalue weighted by molar-refractivity contribution is -0.122. The molecule has 2 aromatic heterocycles. The van der Waals surface area contributed by atoms with Gasteiger partial charge < -0.3 is 10.3 Å². The Balaban J connectivity index is 1.76. The highest BCUT2D eigenvalue weighted by molar-refractivity contribution is 5.83. The van der Waals surface area contributed by atoms with Crippen molar-refractivity contribution < 1.29 is 4.79 Å². The standard InChI is InChI=1S/C12H13N3O/c16-12(8-3-4-8)15-7-9-6-14-11-10(9)2-1-5-13-11/h1-2,5-6,8H,3-4,7H2,(H,13,14)(H,15,16). The van der Waals surface area contributed by atoms with E-state index in [1.807, 2.05) is 18.3 Å². The number of pyridine rings is 1. The van der Waals surface area contributed by atoms with E-state index in [2.05, 4.69) is 15.3 Å². The lowest BCUT2D eigenvalue weighted by Gasteiger charge is -2.02. The molecule has 1 aliphatic rings. The van der Waals surface area contributed by atoms with Gasteiger partial charge in [-0.3, -0.25) is 4.79 Å². The second-order valence-electron chi connectivity index (χ2n) is 4.21. The zero-order valence-corrected chi connectivity index (χ0v) is 8.86. The van der Waals surface area contributed by atoms with E-state index in [0.717, 1.165) is 29.4 Å². The van der Waals surface area contributed by atoms with Crippen molar-refractivity contribution in [1.29, 1.82) is 0 Å². The third-order valence-electron chi connectivity index (χ3n) is 2.94. The van der Waals surface area contributed by atoms with E-state index in [1.165, 1.54) is 0 Å². The van der Waals surface area contributed by atoms with Gasteiger partial charge >= 0.3 is 0 Å². The summed E-state index contributed by atoms with van der Waals surface area (Å²) >= 11 is 0.